The molecular formula is C17H30N2S. The average Bonchev–Trinajstić information content (AvgIpc) is 2.47. The Bertz CT molecular complexity index is 349. The highest BCUT2D eigenvalue weighted by molar-refractivity contribution is 8.00. The Morgan fingerprint density at radius 3 is 2.20 bits per heavy atom. The van der Waals surface area contributed by atoms with Crippen LogP contribution in [0.2, 0.25) is 0 Å². The first-order valence-electron chi connectivity index (χ1n) is 7.74. The van der Waals surface area contributed by atoms with Crippen LogP contribution in [0.25, 0.3) is 0 Å². The van der Waals surface area contributed by atoms with Gasteiger partial charge >= 0.3 is 0 Å². The molecule has 0 fully saturated rings. The van der Waals surface area contributed by atoms with Gasteiger partial charge in [0.15, 0.2) is 0 Å². The van der Waals surface area contributed by atoms with E-state index < -0.39 is 0 Å². The fourth-order valence-corrected chi connectivity index (χ4v) is 3.82. The monoisotopic (exact) mass is 294 g/mol. The van der Waals surface area contributed by atoms with E-state index >= 15 is 0 Å². The molecule has 0 heterocycles. The predicted molar refractivity (Wildman–Crippen MR) is 92.2 cm³/mol. The van der Waals surface area contributed by atoms with Crippen molar-refractivity contribution < 1.29 is 0 Å². The number of nitrogens with two attached hydrogens (primary N) is 1. The van der Waals surface area contributed by atoms with Crippen molar-refractivity contribution in [2.75, 3.05) is 25.4 Å². The van der Waals surface area contributed by atoms with Crippen molar-refractivity contribution in [3.63, 3.8) is 0 Å². The number of nitrogens with zero attached hydrogens (tertiary/aromatic N) is 1. The Morgan fingerprint density at radius 2 is 1.70 bits per heavy atom. The molecule has 0 saturated heterocycles. The van der Waals surface area contributed by atoms with Crippen LogP contribution >= 0.6 is 11.8 Å². The lowest BCUT2D eigenvalue weighted by molar-refractivity contribution is 0.323. The van der Waals surface area contributed by atoms with Crippen molar-refractivity contribution in [1.29, 1.82) is 0 Å². The van der Waals surface area contributed by atoms with E-state index in [2.05, 4.69) is 56.9 Å². The van der Waals surface area contributed by atoms with E-state index in [9.17, 15) is 0 Å². The molecular weight excluding hydrogens is 264 g/mol. The molecule has 0 aliphatic heterocycles. The molecule has 0 aliphatic carbocycles. The van der Waals surface area contributed by atoms with Crippen molar-refractivity contribution in [2.24, 2.45) is 11.7 Å². The van der Waals surface area contributed by atoms with Crippen molar-refractivity contribution in [3.8, 4) is 0 Å². The van der Waals surface area contributed by atoms with Gasteiger partial charge < -0.3 is 10.6 Å². The summed E-state index contributed by atoms with van der Waals surface area (Å²) in [5.74, 6) is 1.75. The van der Waals surface area contributed by atoms with Gasteiger partial charge in [-0.3, -0.25) is 0 Å². The minimum Gasteiger partial charge on any atom is -0.323 e. The highest BCUT2D eigenvalue weighted by atomic mass is 32.2. The normalized spacial score (nSPS) is 14.8. The van der Waals surface area contributed by atoms with Crippen molar-refractivity contribution >= 4 is 11.8 Å². The van der Waals surface area contributed by atoms with Crippen molar-refractivity contribution in [3.05, 3.63) is 35.9 Å². The molecule has 2 nitrogen and oxygen atoms in total. The van der Waals surface area contributed by atoms with Gasteiger partial charge in [0.1, 0.15) is 0 Å². The van der Waals surface area contributed by atoms with Gasteiger partial charge in [-0.2, -0.15) is 11.8 Å². The molecule has 0 spiro atoms. The number of hydrogen-bond donors (Lipinski definition) is 1. The quantitative estimate of drug-likeness (QED) is 0.751. The lowest BCUT2D eigenvalue weighted by Crippen LogP contribution is -2.31. The predicted octanol–water partition coefficient (Wildman–Crippen LogP) is 3.79. The van der Waals surface area contributed by atoms with E-state index in [1.165, 1.54) is 5.56 Å². The third-order valence-electron chi connectivity index (χ3n) is 3.81. The van der Waals surface area contributed by atoms with Crippen LogP contribution in [0.5, 0.6) is 0 Å². The molecule has 2 atom stereocenters. The molecule has 1 aromatic carbocycles. The van der Waals surface area contributed by atoms with E-state index in [0.717, 1.165) is 25.4 Å². The second kappa shape index (κ2) is 9.43. The van der Waals surface area contributed by atoms with Gasteiger partial charge in [0.2, 0.25) is 0 Å². The Kier molecular flexibility index (Phi) is 8.27. The van der Waals surface area contributed by atoms with Crippen LogP contribution in [0.1, 0.15) is 39.3 Å². The van der Waals surface area contributed by atoms with Gasteiger partial charge in [0, 0.05) is 23.6 Å². The minimum absolute atomic E-state index is 0.123. The third-order valence-corrected chi connectivity index (χ3v) is 5.45. The van der Waals surface area contributed by atoms with Crippen LogP contribution in [0, 0.1) is 5.92 Å². The summed E-state index contributed by atoms with van der Waals surface area (Å²) in [5, 5.41) is 0.480. The summed E-state index contributed by atoms with van der Waals surface area (Å²) < 4.78 is 0. The molecule has 2 N–H and O–H groups in total. The van der Waals surface area contributed by atoms with Crippen LogP contribution in [0.3, 0.4) is 0 Å². The Hall–Kier alpha value is -0.510. The molecule has 0 aliphatic rings. The van der Waals surface area contributed by atoms with E-state index in [1.54, 1.807) is 0 Å². The van der Waals surface area contributed by atoms with Gasteiger partial charge in [0.05, 0.1) is 0 Å². The zero-order chi connectivity index (χ0) is 15.0. The highest BCUT2D eigenvalue weighted by Gasteiger charge is 2.23. The van der Waals surface area contributed by atoms with E-state index in [1.807, 2.05) is 17.8 Å². The smallest absolute Gasteiger partial charge is 0.0418 e. The molecule has 0 bridgehead atoms. The topological polar surface area (TPSA) is 29.3 Å². The molecule has 1 aromatic rings. The number of rotatable bonds is 9. The summed E-state index contributed by atoms with van der Waals surface area (Å²) in [6.45, 7) is 12.4. The zero-order valence-electron chi connectivity index (χ0n) is 13.4. The third kappa shape index (κ3) is 5.47. The minimum atomic E-state index is 0.123. The lowest BCUT2D eigenvalue weighted by atomic mass is 9.97. The maximum Gasteiger partial charge on any atom is 0.0418 e. The molecule has 0 radical (unpaired) electrons. The van der Waals surface area contributed by atoms with Gasteiger partial charge in [0.25, 0.3) is 0 Å². The van der Waals surface area contributed by atoms with Crippen LogP contribution in [0.4, 0.5) is 0 Å². The Morgan fingerprint density at radius 1 is 1.10 bits per heavy atom. The Labute approximate surface area is 129 Å². The summed E-state index contributed by atoms with van der Waals surface area (Å²) >= 11 is 2.02. The first-order chi connectivity index (χ1) is 9.60. The average molecular weight is 295 g/mol. The van der Waals surface area contributed by atoms with Crippen LogP contribution in [-0.2, 0) is 0 Å². The second-order valence-electron chi connectivity index (χ2n) is 5.54. The summed E-state index contributed by atoms with van der Waals surface area (Å²) in [7, 11) is 0. The lowest BCUT2D eigenvalue weighted by Gasteiger charge is -2.28. The van der Waals surface area contributed by atoms with Gasteiger partial charge in [-0.15, -0.1) is 0 Å². The number of benzene rings is 1. The van der Waals surface area contributed by atoms with Crippen molar-refractivity contribution in [1.82, 2.24) is 4.90 Å². The zero-order valence-corrected chi connectivity index (χ0v) is 14.2. The molecule has 0 amide bonds. The second-order valence-corrected chi connectivity index (χ2v) is 6.83. The summed E-state index contributed by atoms with van der Waals surface area (Å²) in [6, 6.07) is 10.6. The van der Waals surface area contributed by atoms with Gasteiger partial charge in [-0.05, 0) is 24.6 Å². The van der Waals surface area contributed by atoms with E-state index in [-0.39, 0.29) is 6.04 Å². The molecule has 2 unspecified atom stereocenters. The molecule has 114 valence electrons. The number of hydrogen-bond acceptors (Lipinski definition) is 3. The molecule has 3 heteroatoms. The molecule has 20 heavy (non-hydrogen) atoms. The number of thioether (sulfide) groups is 1. The molecule has 1 rings (SSSR count). The van der Waals surface area contributed by atoms with Crippen LogP contribution in [-0.4, -0.2) is 35.5 Å². The van der Waals surface area contributed by atoms with Crippen molar-refractivity contribution in [2.45, 2.75) is 39.0 Å². The molecule has 0 saturated carbocycles. The SMILES string of the molecule is CCN(CC)CCSC(C(C)C)C(N)c1ccccc1. The standard InChI is InChI=1S/C17H30N2S/c1-5-19(6-2)12-13-20-17(14(3)4)16(18)15-10-8-7-9-11-15/h7-11,14,16-17H,5-6,12-13,18H2,1-4H3. The van der Waals surface area contributed by atoms with Gasteiger partial charge in [-0.1, -0.05) is 58.0 Å². The fourth-order valence-electron chi connectivity index (χ4n) is 2.43. The first-order valence-corrected chi connectivity index (χ1v) is 8.79. The highest BCUT2D eigenvalue weighted by Crippen LogP contribution is 2.30. The molecule has 0 aromatic heterocycles. The largest absolute Gasteiger partial charge is 0.323 e. The Balaban J connectivity index is 2.56. The maximum absolute atomic E-state index is 6.49. The van der Waals surface area contributed by atoms with E-state index in [0.29, 0.717) is 11.2 Å². The fraction of sp³-hybridized carbons (Fsp3) is 0.647. The van der Waals surface area contributed by atoms with Crippen LogP contribution < -0.4 is 5.73 Å². The first kappa shape index (κ1) is 17.5. The van der Waals surface area contributed by atoms with E-state index in [4.69, 9.17) is 5.73 Å². The maximum atomic E-state index is 6.49. The summed E-state index contributed by atoms with van der Waals surface area (Å²) in [5.41, 5.74) is 7.74. The van der Waals surface area contributed by atoms with Crippen LogP contribution in [0.15, 0.2) is 30.3 Å². The summed E-state index contributed by atoms with van der Waals surface area (Å²) in [6.07, 6.45) is 0. The summed E-state index contributed by atoms with van der Waals surface area (Å²) in [4.78, 5) is 2.47. The van der Waals surface area contributed by atoms with Gasteiger partial charge in [-0.25, -0.2) is 0 Å².